The van der Waals surface area contributed by atoms with E-state index in [-0.39, 0.29) is 23.7 Å². The first-order valence-corrected chi connectivity index (χ1v) is 17.4. The van der Waals surface area contributed by atoms with Gasteiger partial charge < -0.3 is 31.3 Å². The van der Waals surface area contributed by atoms with Crippen LogP contribution in [0.25, 0.3) is 0 Å². The van der Waals surface area contributed by atoms with Crippen LogP contribution in [0.15, 0.2) is 30.3 Å². The molecule has 0 aromatic heterocycles. The number of benzene rings is 1. The Kier molecular flexibility index (Phi) is 12.1. The van der Waals surface area contributed by atoms with E-state index in [0.29, 0.717) is 32.6 Å². The molecule has 2 saturated carbocycles. The zero-order valence-corrected chi connectivity index (χ0v) is 28.8. The average Bonchev–Trinajstić information content (AvgIpc) is 3.72. The fraction of sp³-hybridized carbons (Fsp3) is 0.694. The van der Waals surface area contributed by atoms with E-state index in [9.17, 15) is 24.0 Å². The van der Waals surface area contributed by atoms with Crippen molar-refractivity contribution in [1.29, 1.82) is 0 Å². The molecule has 260 valence electrons. The molecule has 3 fully saturated rings. The highest BCUT2D eigenvalue weighted by Gasteiger charge is 2.48. The number of hydrogen-bond donors (Lipinski definition) is 4. The number of nitrogens with zero attached hydrogens (tertiary/aromatic N) is 1. The number of Topliss-reactive ketones (excluding diaryl/α,β-unsaturated/α-hetero) is 1. The minimum absolute atomic E-state index is 0.0728. The molecule has 1 heterocycles. The SMILES string of the molecule is CC(C)C1CCN(C(=O)C(NC(=O)NC2(COCc3ccccc3)CCCCC2)C(C)(C)C)C1C(=O)NC(CC1CC1)C(=O)C(N)=O. The van der Waals surface area contributed by atoms with E-state index in [4.69, 9.17) is 10.5 Å². The summed E-state index contributed by atoms with van der Waals surface area (Å²) in [5, 5.41) is 8.97. The summed E-state index contributed by atoms with van der Waals surface area (Å²) < 4.78 is 6.11. The van der Waals surface area contributed by atoms with E-state index in [1.807, 2.05) is 65.0 Å². The van der Waals surface area contributed by atoms with E-state index in [1.165, 1.54) is 0 Å². The van der Waals surface area contributed by atoms with Crippen molar-refractivity contribution in [3.63, 3.8) is 0 Å². The Bertz CT molecular complexity index is 1270. The summed E-state index contributed by atoms with van der Waals surface area (Å²) in [5.74, 6) is -2.56. The minimum atomic E-state index is -1.08. The molecule has 5 amide bonds. The molecule has 5 N–H and O–H groups in total. The topological polar surface area (TPSA) is 160 Å². The molecule has 2 aliphatic carbocycles. The summed E-state index contributed by atoms with van der Waals surface area (Å²) >= 11 is 0. The van der Waals surface area contributed by atoms with Gasteiger partial charge in [-0.25, -0.2) is 4.79 Å². The first kappa shape index (κ1) is 36.4. The van der Waals surface area contributed by atoms with Gasteiger partial charge in [-0.15, -0.1) is 0 Å². The van der Waals surface area contributed by atoms with Crippen molar-refractivity contribution < 1.29 is 28.7 Å². The molecule has 11 heteroatoms. The van der Waals surface area contributed by atoms with Crippen molar-refractivity contribution in [1.82, 2.24) is 20.9 Å². The number of nitrogens with two attached hydrogens (primary N) is 1. The molecular weight excluding hydrogens is 598 g/mol. The largest absolute Gasteiger partial charge is 0.374 e. The van der Waals surface area contributed by atoms with Crippen molar-refractivity contribution in [2.75, 3.05) is 13.2 Å². The summed E-state index contributed by atoms with van der Waals surface area (Å²) in [7, 11) is 0. The molecule has 1 saturated heterocycles. The Hall–Kier alpha value is -3.47. The number of primary amides is 1. The number of rotatable bonds is 14. The molecule has 11 nitrogen and oxygen atoms in total. The van der Waals surface area contributed by atoms with Crippen molar-refractivity contribution in [2.24, 2.45) is 28.9 Å². The van der Waals surface area contributed by atoms with Crippen LogP contribution in [0.3, 0.4) is 0 Å². The third-order valence-corrected chi connectivity index (χ3v) is 10.1. The van der Waals surface area contributed by atoms with Gasteiger partial charge in [0, 0.05) is 6.54 Å². The van der Waals surface area contributed by atoms with Crippen LogP contribution in [0.1, 0.15) is 98.0 Å². The lowest BCUT2D eigenvalue weighted by molar-refractivity contribution is -0.144. The number of ether oxygens (including phenoxy) is 1. The van der Waals surface area contributed by atoms with E-state index >= 15 is 0 Å². The third kappa shape index (κ3) is 9.78. The van der Waals surface area contributed by atoms with Crippen LogP contribution in [0.2, 0.25) is 0 Å². The van der Waals surface area contributed by atoms with Crippen LogP contribution in [0.5, 0.6) is 0 Å². The number of ketones is 1. The van der Waals surface area contributed by atoms with Gasteiger partial charge in [0.25, 0.3) is 5.91 Å². The van der Waals surface area contributed by atoms with Gasteiger partial charge in [-0.05, 0) is 54.4 Å². The summed E-state index contributed by atoms with van der Waals surface area (Å²) in [6.07, 6.45) is 7.40. The van der Waals surface area contributed by atoms with Crippen LogP contribution < -0.4 is 21.7 Å². The van der Waals surface area contributed by atoms with Gasteiger partial charge in [0.15, 0.2) is 0 Å². The Morgan fingerprint density at radius 1 is 0.979 bits per heavy atom. The van der Waals surface area contributed by atoms with Gasteiger partial charge in [0.05, 0.1) is 24.8 Å². The second-order valence-electron chi connectivity index (χ2n) is 15.4. The second-order valence-corrected chi connectivity index (χ2v) is 15.4. The summed E-state index contributed by atoms with van der Waals surface area (Å²) in [5.41, 5.74) is 5.15. The van der Waals surface area contributed by atoms with Crippen molar-refractivity contribution in [2.45, 2.75) is 123 Å². The number of nitrogens with one attached hydrogen (secondary N) is 3. The fourth-order valence-corrected chi connectivity index (χ4v) is 7.14. The average molecular weight is 654 g/mol. The zero-order valence-electron chi connectivity index (χ0n) is 28.8. The lowest BCUT2D eigenvalue weighted by atomic mass is 9.82. The second kappa shape index (κ2) is 15.6. The highest BCUT2D eigenvalue weighted by Crippen LogP contribution is 2.36. The third-order valence-electron chi connectivity index (χ3n) is 10.1. The molecule has 0 radical (unpaired) electrons. The van der Waals surface area contributed by atoms with Gasteiger partial charge in [-0.1, -0.05) is 97.1 Å². The number of hydrogen-bond acceptors (Lipinski definition) is 6. The van der Waals surface area contributed by atoms with E-state index in [1.54, 1.807) is 4.90 Å². The van der Waals surface area contributed by atoms with Crippen LogP contribution in [-0.4, -0.2) is 71.3 Å². The number of urea groups is 1. The highest BCUT2D eigenvalue weighted by atomic mass is 16.5. The molecule has 4 unspecified atom stereocenters. The lowest BCUT2D eigenvalue weighted by Gasteiger charge is -2.40. The summed E-state index contributed by atoms with van der Waals surface area (Å²) in [6, 6.07) is 6.67. The van der Waals surface area contributed by atoms with Crippen molar-refractivity contribution >= 4 is 29.5 Å². The molecular formula is C36H55N5O6. The standard InChI is InChI=1S/C36H55N5O6/c1-23(2)26-16-19-41(28(26)32(44)38-27(20-24-14-15-24)29(42)31(37)43)33(45)30(35(3,4)5)39-34(46)40-36(17-10-7-11-18-36)22-47-21-25-12-8-6-9-13-25/h6,8-9,12-13,23-24,26-28,30H,7,10-11,14-22H2,1-5H3,(H2,37,43)(H,38,44)(H2,39,40,46). The van der Waals surface area contributed by atoms with Gasteiger partial charge in [-0.2, -0.15) is 0 Å². The number of carbonyl (C=O) groups is 5. The fourth-order valence-electron chi connectivity index (χ4n) is 7.14. The van der Waals surface area contributed by atoms with Crippen LogP contribution in [0, 0.1) is 23.2 Å². The maximum atomic E-state index is 14.4. The normalized spacial score (nSPS) is 22.3. The molecule has 1 aliphatic heterocycles. The first-order valence-electron chi connectivity index (χ1n) is 17.4. The monoisotopic (exact) mass is 653 g/mol. The zero-order chi connectivity index (χ0) is 34.4. The van der Waals surface area contributed by atoms with Crippen molar-refractivity contribution in [3.05, 3.63) is 35.9 Å². The number of carbonyl (C=O) groups excluding carboxylic acids is 5. The maximum absolute atomic E-state index is 14.4. The Labute approximate surface area is 279 Å². The van der Waals surface area contributed by atoms with E-state index in [0.717, 1.165) is 50.5 Å². The summed E-state index contributed by atoms with van der Waals surface area (Å²) in [6.45, 7) is 10.8. The van der Waals surface area contributed by atoms with Crippen LogP contribution >= 0.6 is 0 Å². The summed E-state index contributed by atoms with van der Waals surface area (Å²) in [4.78, 5) is 67.9. The molecule has 3 aliphatic rings. The predicted octanol–water partition coefficient (Wildman–Crippen LogP) is 3.83. The van der Waals surface area contributed by atoms with Gasteiger partial charge in [-0.3, -0.25) is 19.2 Å². The molecule has 47 heavy (non-hydrogen) atoms. The van der Waals surface area contributed by atoms with Crippen LogP contribution in [-0.2, 0) is 30.5 Å². The van der Waals surface area contributed by atoms with Gasteiger partial charge in [0.1, 0.15) is 12.1 Å². The number of amides is 5. The molecule has 1 aromatic rings. The minimum Gasteiger partial charge on any atom is -0.374 e. The molecule has 4 atom stereocenters. The smallest absolute Gasteiger partial charge is 0.315 e. The molecule has 1 aromatic carbocycles. The first-order chi connectivity index (χ1) is 22.2. The maximum Gasteiger partial charge on any atom is 0.315 e. The van der Waals surface area contributed by atoms with Crippen LogP contribution in [0.4, 0.5) is 4.79 Å². The predicted molar refractivity (Wildman–Crippen MR) is 179 cm³/mol. The van der Waals surface area contributed by atoms with Gasteiger partial charge in [0.2, 0.25) is 17.6 Å². The Balaban J connectivity index is 1.49. The lowest BCUT2D eigenvalue weighted by Crippen LogP contribution is -2.63. The van der Waals surface area contributed by atoms with E-state index < -0.39 is 52.7 Å². The number of likely N-dealkylation sites (tertiary alicyclic amines) is 1. The Morgan fingerprint density at radius 2 is 1.64 bits per heavy atom. The molecule has 0 bridgehead atoms. The molecule has 0 spiro atoms. The van der Waals surface area contributed by atoms with E-state index in [2.05, 4.69) is 16.0 Å². The Morgan fingerprint density at radius 3 is 2.21 bits per heavy atom. The molecule has 4 rings (SSSR count). The quantitative estimate of drug-likeness (QED) is 0.223. The highest BCUT2D eigenvalue weighted by molar-refractivity contribution is 6.37. The van der Waals surface area contributed by atoms with Crippen molar-refractivity contribution in [3.8, 4) is 0 Å². The van der Waals surface area contributed by atoms with Gasteiger partial charge >= 0.3 is 6.03 Å².